The molecule has 3 rings (SSSR count). The molecule has 0 spiro atoms. The summed E-state index contributed by atoms with van der Waals surface area (Å²) in [6, 6.07) is 12.4. The molecule has 0 atom stereocenters. The zero-order chi connectivity index (χ0) is 18.7. The topological polar surface area (TPSA) is 96.0 Å². The van der Waals surface area contributed by atoms with Crippen LogP contribution >= 0.6 is 24.0 Å². The lowest BCUT2D eigenvalue weighted by atomic mass is 10.2. The van der Waals surface area contributed by atoms with E-state index in [4.69, 9.17) is 12.2 Å². The highest BCUT2D eigenvalue weighted by molar-refractivity contribution is 8.26. The van der Waals surface area contributed by atoms with Crippen LogP contribution in [0.15, 0.2) is 58.5 Å². The van der Waals surface area contributed by atoms with Crippen LogP contribution in [0.3, 0.4) is 0 Å². The molecule has 0 unspecified atom stereocenters. The van der Waals surface area contributed by atoms with Crippen molar-refractivity contribution in [3.05, 3.63) is 74.7 Å². The van der Waals surface area contributed by atoms with Crippen molar-refractivity contribution < 1.29 is 14.8 Å². The molecule has 9 heteroatoms. The fourth-order valence-electron chi connectivity index (χ4n) is 2.17. The molecule has 0 aliphatic carbocycles. The summed E-state index contributed by atoms with van der Waals surface area (Å²) in [6.07, 6.45) is 2.96. The van der Waals surface area contributed by atoms with Gasteiger partial charge in [0, 0.05) is 17.7 Å². The van der Waals surface area contributed by atoms with Gasteiger partial charge in [0.1, 0.15) is 5.75 Å². The van der Waals surface area contributed by atoms with Crippen molar-refractivity contribution in [2.45, 2.75) is 0 Å². The minimum absolute atomic E-state index is 0.0666. The molecule has 1 heterocycles. The van der Waals surface area contributed by atoms with Gasteiger partial charge in [-0.05, 0) is 36.0 Å². The van der Waals surface area contributed by atoms with Crippen molar-refractivity contribution in [2.24, 2.45) is 5.10 Å². The monoisotopic (exact) mass is 385 g/mol. The molecule has 0 aromatic heterocycles. The van der Waals surface area contributed by atoms with Gasteiger partial charge in [-0.2, -0.15) is 10.1 Å². The van der Waals surface area contributed by atoms with Gasteiger partial charge in [-0.3, -0.25) is 14.9 Å². The number of non-ortho nitro benzene ring substituents is 1. The van der Waals surface area contributed by atoms with Crippen molar-refractivity contribution >= 4 is 52.2 Å². The summed E-state index contributed by atoms with van der Waals surface area (Å²) in [4.78, 5) is 23.1. The number of phenols is 1. The normalized spacial score (nSPS) is 16.0. The van der Waals surface area contributed by atoms with Crippen molar-refractivity contribution in [1.29, 1.82) is 0 Å². The van der Waals surface area contributed by atoms with Crippen molar-refractivity contribution in [1.82, 2.24) is 5.01 Å². The van der Waals surface area contributed by atoms with Gasteiger partial charge >= 0.3 is 0 Å². The maximum atomic E-state index is 12.5. The van der Waals surface area contributed by atoms with E-state index in [-0.39, 0.29) is 15.8 Å². The second kappa shape index (κ2) is 7.46. The highest BCUT2D eigenvalue weighted by Gasteiger charge is 2.32. The number of benzene rings is 2. The maximum Gasteiger partial charge on any atom is 0.286 e. The second-order valence-electron chi connectivity index (χ2n) is 5.19. The Kier molecular flexibility index (Phi) is 5.10. The number of amides is 1. The maximum absolute atomic E-state index is 12.5. The number of nitro groups is 1. The van der Waals surface area contributed by atoms with Crippen LogP contribution in [0.2, 0.25) is 0 Å². The van der Waals surface area contributed by atoms with E-state index in [0.717, 1.165) is 16.8 Å². The largest absolute Gasteiger partial charge is 0.508 e. The molecule has 1 fully saturated rings. The predicted octanol–water partition coefficient (Wildman–Crippen LogP) is 3.54. The first-order chi connectivity index (χ1) is 12.4. The Hall–Kier alpha value is -3.04. The van der Waals surface area contributed by atoms with E-state index in [2.05, 4.69) is 5.10 Å². The fourth-order valence-corrected chi connectivity index (χ4v) is 3.34. The molecule has 0 radical (unpaired) electrons. The van der Waals surface area contributed by atoms with Gasteiger partial charge in [0.15, 0.2) is 4.32 Å². The molecule has 1 saturated heterocycles. The first-order valence-corrected chi connectivity index (χ1v) is 8.52. The smallest absolute Gasteiger partial charge is 0.286 e. The Labute approximate surface area is 157 Å². The van der Waals surface area contributed by atoms with Crippen LogP contribution < -0.4 is 0 Å². The highest BCUT2D eigenvalue weighted by Crippen LogP contribution is 2.33. The lowest BCUT2D eigenvalue weighted by Gasteiger charge is -2.06. The summed E-state index contributed by atoms with van der Waals surface area (Å²) in [5, 5.41) is 25.4. The minimum atomic E-state index is -0.505. The SMILES string of the molecule is O=C1/C(=C\c2cccc(O)c2)SC(=S)N1/N=C/c1cccc([N+](=O)[O-])c1. The van der Waals surface area contributed by atoms with Crippen molar-refractivity contribution in [3.63, 3.8) is 0 Å². The molecule has 0 bridgehead atoms. The van der Waals surface area contributed by atoms with Crippen LogP contribution in [0, 0.1) is 10.1 Å². The third-order valence-electron chi connectivity index (χ3n) is 3.34. The number of hydrogen-bond acceptors (Lipinski definition) is 7. The quantitative estimate of drug-likeness (QED) is 0.284. The molecule has 2 aromatic rings. The molecule has 130 valence electrons. The van der Waals surface area contributed by atoms with E-state index < -0.39 is 10.8 Å². The average molecular weight is 385 g/mol. The average Bonchev–Trinajstić information content (AvgIpc) is 2.87. The summed E-state index contributed by atoms with van der Waals surface area (Å²) in [5.41, 5.74) is 1.07. The Morgan fingerprint density at radius 2 is 1.92 bits per heavy atom. The summed E-state index contributed by atoms with van der Waals surface area (Å²) in [7, 11) is 0. The highest BCUT2D eigenvalue weighted by atomic mass is 32.2. The number of nitro benzene ring substituents is 1. The summed E-state index contributed by atoms with van der Waals surface area (Å²) >= 11 is 6.27. The number of phenolic OH excluding ortho intramolecular Hbond substituents is 1. The summed E-state index contributed by atoms with van der Waals surface area (Å²) in [5.74, 6) is -0.303. The number of aromatic hydroxyl groups is 1. The van der Waals surface area contributed by atoms with Crippen molar-refractivity contribution in [3.8, 4) is 5.75 Å². The number of nitrogens with zero attached hydrogens (tertiary/aromatic N) is 3. The van der Waals surface area contributed by atoms with E-state index in [0.29, 0.717) is 16.0 Å². The van der Waals surface area contributed by atoms with E-state index in [1.165, 1.54) is 36.5 Å². The number of carbonyl (C=O) groups is 1. The molecular formula is C17H11N3O4S2. The van der Waals surface area contributed by atoms with Crippen LogP contribution in [-0.2, 0) is 4.79 Å². The molecular weight excluding hydrogens is 374 g/mol. The first kappa shape index (κ1) is 17.8. The number of rotatable bonds is 4. The van der Waals surface area contributed by atoms with Crippen LogP contribution in [0.5, 0.6) is 5.75 Å². The Morgan fingerprint density at radius 1 is 1.19 bits per heavy atom. The van der Waals surface area contributed by atoms with Gasteiger partial charge in [0.25, 0.3) is 11.6 Å². The number of hydrogen-bond donors (Lipinski definition) is 1. The molecule has 1 aliphatic heterocycles. The lowest BCUT2D eigenvalue weighted by molar-refractivity contribution is -0.384. The Bertz CT molecular complexity index is 972. The van der Waals surface area contributed by atoms with E-state index in [9.17, 15) is 20.0 Å². The fraction of sp³-hybridized carbons (Fsp3) is 0. The van der Waals surface area contributed by atoms with E-state index in [1.54, 1.807) is 24.3 Å². The molecule has 1 amide bonds. The zero-order valence-electron chi connectivity index (χ0n) is 13.1. The zero-order valence-corrected chi connectivity index (χ0v) is 14.7. The third-order valence-corrected chi connectivity index (χ3v) is 4.63. The Balaban J connectivity index is 1.81. The molecule has 1 aliphatic rings. The van der Waals surface area contributed by atoms with Gasteiger partial charge < -0.3 is 5.11 Å². The predicted molar refractivity (Wildman–Crippen MR) is 104 cm³/mol. The van der Waals surface area contributed by atoms with Crippen LogP contribution in [-0.4, -0.2) is 31.5 Å². The molecule has 7 nitrogen and oxygen atoms in total. The Morgan fingerprint density at radius 3 is 2.65 bits per heavy atom. The number of thiocarbonyl (C=S) groups is 1. The molecule has 0 saturated carbocycles. The van der Waals surface area contributed by atoms with Gasteiger partial charge in [0.2, 0.25) is 0 Å². The van der Waals surface area contributed by atoms with Crippen molar-refractivity contribution in [2.75, 3.05) is 0 Å². The summed E-state index contributed by atoms with van der Waals surface area (Å²) in [6.45, 7) is 0. The molecule has 2 aromatic carbocycles. The van der Waals surface area contributed by atoms with Gasteiger partial charge in [-0.25, -0.2) is 0 Å². The van der Waals surface area contributed by atoms with Crippen LogP contribution in [0.4, 0.5) is 5.69 Å². The lowest BCUT2D eigenvalue weighted by Crippen LogP contribution is -2.22. The van der Waals surface area contributed by atoms with Crippen LogP contribution in [0.1, 0.15) is 11.1 Å². The van der Waals surface area contributed by atoms with Gasteiger partial charge in [0.05, 0.1) is 16.0 Å². The third kappa shape index (κ3) is 3.95. The number of hydrazone groups is 1. The van der Waals surface area contributed by atoms with Crippen LogP contribution in [0.25, 0.3) is 6.08 Å². The standard InChI is InChI=1S/C17H11N3O4S2/c21-14-6-2-3-11(8-14)9-15-16(22)19(17(25)26-15)18-10-12-4-1-5-13(7-12)20(23)24/h1-10,21H/b15-9+,18-10+. The molecule has 26 heavy (non-hydrogen) atoms. The number of thioether (sulfide) groups is 1. The molecule has 1 N–H and O–H groups in total. The van der Waals surface area contributed by atoms with E-state index in [1.807, 2.05) is 0 Å². The van der Waals surface area contributed by atoms with E-state index >= 15 is 0 Å². The van der Waals surface area contributed by atoms with Gasteiger partial charge in [-0.1, -0.05) is 36.0 Å². The van der Waals surface area contributed by atoms with Gasteiger partial charge in [-0.15, -0.1) is 0 Å². The number of carbonyl (C=O) groups excluding carboxylic acids is 1. The minimum Gasteiger partial charge on any atom is -0.508 e. The summed E-state index contributed by atoms with van der Waals surface area (Å²) < 4.78 is 0.253. The first-order valence-electron chi connectivity index (χ1n) is 7.29. The second-order valence-corrected chi connectivity index (χ2v) is 6.86.